The van der Waals surface area contributed by atoms with E-state index in [1.165, 1.54) is 40.3 Å². The molecule has 1 amide bonds. The molecule has 3 rings (SSSR count). The quantitative estimate of drug-likeness (QED) is 0.371. The van der Waals surface area contributed by atoms with Gasteiger partial charge in [0.1, 0.15) is 0 Å². The van der Waals surface area contributed by atoms with Gasteiger partial charge in [0.2, 0.25) is 5.91 Å². The third-order valence-electron chi connectivity index (χ3n) is 5.58. The van der Waals surface area contributed by atoms with Crippen molar-refractivity contribution in [2.45, 2.75) is 87.0 Å². The molecule has 0 aromatic heterocycles. The Labute approximate surface area is 214 Å². The molecule has 3 aromatic rings. The molecule has 3 heteroatoms. The van der Waals surface area contributed by atoms with E-state index in [9.17, 15) is 4.79 Å². The average molecular weight is 475 g/mol. The molecule has 0 spiro atoms. The second-order valence-electron chi connectivity index (χ2n) is 10.4. The van der Waals surface area contributed by atoms with E-state index >= 15 is 0 Å². The van der Waals surface area contributed by atoms with Crippen LogP contribution in [-0.4, -0.2) is 5.91 Å². The number of carbonyl (C=O) groups excluding carboxylic acids is 1. The van der Waals surface area contributed by atoms with Crippen LogP contribution in [0.15, 0.2) is 60.7 Å². The predicted molar refractivity (Wildman–Crippen MR) is 155 cm³/mol. The minimum atomic E-state index is -0.0229. The molecule has 0 unspecified atom stereocenters. The van der Waals surface area contributed by atoms with E-state index in [0.29, 0.717) is 17.8 Å². The molecule has 0 radical (unpaired) electrons. The van der Waals surface area contributed by atoms with Gasteiger partial charge in [-0.05, 0) is 90.6 Å². The highest BCUT2D eigenvalue weighted by molar-refractivity contribution is 5.88. The number of rotatable bonds is 4. The third-order valence-corrected chi connectivity index (χ3v) is 5.58. The van der Waals surface area contributed by atoms with Crippen LogP contribution >= 0.6 is 0 Å². The Balaban J connectivity index is 0.000000267. The van der Waals surface area contributed by atoms with Gasteiger partial charge in [-0.25, -0.2) is 0 Å². The first-order valence-corrected chi connectivity index (χ1v) is 12.6. The molecule has 0 saturated carbocycles. The zero-order chi connectivity index (χ0) is 26.7. The van der Waals surface area contributed by atoms with Crippen LogP contribution in [0.25, 0.3) is 0 Å². The van der Waals surface area contributed by atoms with E-state index < -0.39 is 0 Å². The van der Waals surface area contributed by atoms with Gasteiger partial charge in [0, 0.05) is 18.3 Å². The van der Waals surface area contributed by atoms with Gasteiger partial charge in [0.25, 0.3) is 0 Å². The zero-order valence-corrected chi connectivity index (χ0v) is 23.5. The lowest BCUT2D eigenvalue weighted by Crippen LogP contribution is -2.06. The van der Waals surface area contributed by atoms with Crippen LogP contribution in [0.3, 0.4) is 0 Å². The lowest BCUT2D eigenvalue weighted by Gasteiger charge is -2.10. The van der Waals surface area contributed by atoms with E-state index in [0.717, 1.165) is 11.4 Å². The number of nitrogen functional groups attached to an aromatic ring is 1. The van der Waals surface area contributed by atoms with Crippen LogP contribution in [0, 0.1) is 20.8 Å². The monoisotopic (exact) mass is 474 g/mol. The van der Waals surface area contributed by atoms with Gasteiger partial charge in [-0.15, -0.1) is 0 Å². The molecule has 35 heavy (non-hydrogen) atoms. The van der Waals surface area contributed by atoms with Crippen molar-refractivity contribution in [3.05, 3.63) is 94.0 Å². The summed E-state index contributed by atoms with van der Waals surface area (Å²) in [7, 11) is 0. The predicted octanol–water partition coefficient (Wildman–Crippen LogP) is 8.90. The van der Waals surface area contributed by atoms with Crippen LogP contribution < -0.4 is 11.1 Å². The summed E-state index contributed by atoms with van der Waals surface area (Å²) in [4.78, 5) is 10.9. The summed E-state index contributed by atoms with van der Waals surface area (Å²) in [6.07, 6.45) is 0. The number of nitrogens with one attached hydrogen (secondary N) is 1. The third kappa shape index (κ3) is 11.8. The van der Waals surface area contributed by atoms with E-state index in [2.05, 4.69) is 97.1 Å². The van der Waals surface area contributed by atoms with Crippen LogP contribution in [0.4, 0.5) is 11.4 Å². The van der Waals surface area contributed by atoms with Crippen molar-refractivity contribution < 1.29 is 4.79 Å². The number of benzene rings is 3. The second-order valence-corrected chi connectivity index (χ2v) is 10.4. The zero-order valence-electron chi connectivity index (χ0n) is 23.5. The molecule has 0 fully saturated rings. The van der Waals surface area contributed by atoms with Crippen molar-refractivity contribution in [1.82, 2.24) is 0 Å². The Morgan fingerprint density at radius 2 is 1.14 bits per heavy atom. The van der Waals surface area contributed by atoms with Crippen LogP contribution in [0.2, 0.25) is 0 Å². The fourth-order valence-electron chi connectivity index (χ4n) is 3.63. The van der Waals surface area contributed by atoms with E-state index in [1.54, 1.807) is 0 Å². The van der Waals surface area contributed by atoms with Crippen molar-refractivity contribution >= 4 is 17.3 Å². The molecule has 3 nitrogen and oxygen atoms in total. The summed E-state index contributed by atoms with van der Waals surface area (Å²) in [5, 5.41) is 2.80. The van der Waals surface area contributed by atoms with Crippen LogP contribution in [0.5, 0.6) is 0 Å². The lowest BCUT2D eigenvalue weighted by atomic mass is 10.0. The van der Waals surface area contributed by atoms with Gasteiger partial charge in [0.05, 0.1) is 0 Å². The maximum absolute atomic E-state index is 10.9. The smallest absolute Gasteiger partial charge is 0.221 e. The number of carbonyl (C=O) groups is 1. The molecular formula is C32H46N2O. The highest BCUT2D eigenvalue weighted by Gasteiger charge is 2.03. The number of aryl methyl sites for hydroxylation is 3. The van der Waals surface area contributed by atoms with Crippen LogP contribution in [-0.2, 0) is 4.79 Å². The van der Waals surface area contributed by atoms with E-state index in [4.69, 9.17) is 5.73 Å². The molecule has 0 atom stereocenters. The van der Waals surface area contributed by atoms with E-state index in [1.807, 2.05) is 31.2 Å². The molecule has 0 bridgehead atoms. The minimum Gasteiger partial charge on any atom is -0.399 e. The molecule has 0 aliphatic heterocycles. The summed E-state index contributed by atoms with van der Waals surface area (Å²) in [6, 6.07) is 21.0. The van der Waals surface area contributed by atoms with Gasteiger partial charge in [-0.3, -0.25) is 4.79 Å². The summed E-state index contributed by atoms with van der Waals surface area (Å²) >= 11 is 0. The normalized spacial score (nSPS) is 10.4. The summed E-state index contributed by atoms with van der Waals surface area (Å²) in [5.74, 6) is 1.69. The first-order chi connectivity index (χ1) is 16.3. The summed E-state index contributed by atoms with van der Waals surface area (Å²) in [5.41, 5.74) is 15.2. The number of hydrogen-bond donors (Lipinski definition) is 2. The first-order valence-electron chi connectivity index (χ1n) is 12.6. The SMILES string of the molecule is CC(=O)Nc1cc(C)cc(C(C)C)c1.Cc1cc(N)cc(C(C)C)c1.Cc1cccc(C(C)C)c1. The van der Waals surface area contributed by atoms with Gasteiger partial charge in [-0.1, -0.05) is 83.5 Å². The van der Waals surface area contributed by atoms with Gasteiger partial charge >= 0.3 is 0 Å². The molecule has 0 heterocycles. The fourth-order valence-corrected chi connectivity index (χ4v) is 3.63. The van der Waals surface area contributed by atoms with Gasteiger partial charge < -0.3 is 11.1 Å². The number of anilines is 2. The van der Waals surface area contributed by atoms with Crippen molar-refractivity contribution in [2.24, 2.45) is 0 Å². The number of nitrogens with two attached hydrogens (primary N) is 1. The van der Waals surface area contributed by atoms with Crippen molar-refractivity contribution in [3.8, 4) is 0 Å². The fraction of sp³-hybridized carbons (Fsp3) is 0.406. The number of hydrogen-bond acceptors (Lipinski definition) is 2. The highest BCUT2D eigenvalue weighted by atomic mass is 16.1. The average Bonchev–Trinajstić information content (AvgIpc) is 2.73. The Kier molecular flexibility index (Phi) is 12.3. The molecule has 0 saturated heterocycles. The van der Waals surface area contributed by atoms with E-state index in [-0.39, 0.29) is 5.91 Å². The second kappa shape index (κ2) is 14.4. The first kappa shape index (κ1) is 30.0. The Bertz CT molecular complexity index is 1060. The largest absolute Gasteiger partial charge is 0.399 e. The summed E-state index contributed by atoms with van der Waals surface area (Å²) < 4.78 is 0. The Morgan fingerprint density at radius 1 is 0.657 bits per heavy atom. The topological polar surface area (TPSA) is 55.1 Å². The van der Waals surface area contributed by atoms with Crippen molar-refractivity contribution in [1.29, 1.82) is 0 Å². The van der Waals surface area contributed by atoms with Crippen LogP contribution in [0.1, 0.15) is 99.6 Å². The lowest BCUT2D eigenvalue weighted by molar-refractivity contribution is -0.114. The molecular weight excluding hydrogens is 428 g/mol. The van der Waals surface area contributed by atoms with Crippen molar-refractivity contribution in [3.63, 3.8) is 0 Å². The van der Waals surface area contributed by atoms with Gasteiger partial charge in [0.15, 0.2) is 0 Å². The Hall–Kier alpha value is -3.07. The van der Waals surface area contributed by atoms with Gasteiger partial charge in [-0.2, -0.15) is 0 Å². The maximum atomic E-state index is 10.9. The molecule has 0 aliphatic rings. The molecule has 0 aliphatic carbocycles. The molecule has 3 N–H and O–H groups in total. The highest BCUT2D eigenvalue weighted by Crippen LogP contribution is 2.21. The summed E-state index contributed by atoms with van der Waals surface area (Å²) in [6.45, 7) is 20.8. The minimum absolute atomic E-state index is 0.0229. The molecule has 3 aromatic carbocycles. The Morgan fingerprint density at radius 3 is 1.57 bits per heavy atom. The number of amides is 1. The molecule has 190 valence electrons. The standard InChI is InChI=1S/C12H17NO.C10H15N.C10H14/c1-8(2)11-5-9(3)6-12(7-11)13-10(4)14;1-7(2)9-4-8(3)5-10(11)6-9;1-8(2)10-6-4-5-9(3)7-10/h5-8H,1-4H3,(H,13,14);4-7H,11H2,1-3H3;4-8H,1-3H3. The maximum Gasteiger partial charge on any atom is 0.221 e. The van der Waals surface area contributed by atoms with Crippen molar-refractivity contribution in [2.75, 3.05) is 11.1 Å².